The molecule has 0 bridgehead atoms. The molecule has 1 aliphatic carbocycles. The standard InChI is InChI=1S/C10H18N2O3/c1-15-10(14)12-8(9(11)13)7-5-3-2-4-6-7/h7-8H,2-6H2,1H3,(H2,11,13)(H,12,14). The number of ether oxygens (including phenoxy) is 1. The highest BCUT2D eigenvalue weighted by Gasteiger charge is 2.29. The van der Waals surface area contributed by atoms with Gasteiger partial charge in [0.2, 0.25) is 5.91 Å². The number of nitrogens with one attached hydrogen (secondary N) is 1. The van der Waals surface area contributed by atoms with E-state index in [0.717, 1.165) is 25.7 Å². The molecule has 1 atom stereocenters. The van der Waals surface area contributed by atoms with Crippen molar-refractivity contribution in [3.63, 3.8) is 0 Å². The number of carbonyl (C=O) groups excluding carboxylic acids is 2. The predicted octanol–water partition coefficient (Wildman–Crippen LogP) is 0.777. The van der Waals surface area contributed by atoms with Crippen molar-refractivity contribution < 1.29 is 14.3 Å². The zero-order valence-corrected chi connectivity index (χ0v) is 8.99. The molecule has 0 saturated heterocycles. The third-order valence-corrected chi connectivity index (χ3v) is 2.89. The molecule has 86 valence electrons. The van der Waals surface area contributed by atoms with Crippen molar-refractivity contribution in [1.82, 2.24) is 5.32 Å². The Hall–Kier alpha value is -1.26. The van der Waals surface area contributed by atoms with Crippen molar-refractivity contribution in [2.75, 3.05) is 7.11 Å². The summed E-state index contributed by atoms with van der Waals surface area (Å²) in [4.78, 5) is 22.2. The van der Waals surface area contributed by atoms with E-state index in [1.807, 2.05) is 0 Å². The van der Waals surface area contributed by atoms with Crippen LogP contribution in [0.3, 0.4) is 0 Å². The zero-order chi connectivity index (χ0) is 11.3. The van der Waals surface area contributed by atoms with E-state index in [1.165, 1.54) is 13.5 Å². The molecule has 3 N–H and O–H groups in total. The molecule has 0 heterocycles. The lowest BCUT2D eigenvalue weighted by atomic mass is 9.83. The van der Waals surface area contributed by atoms with Gasteiger partial charge in [0.05, 0.1) is 7.11 Å². The number of amides is 2. The lowest BCUT2D eigenvalue weighted by molar-refractivity contribution is -0.121. The van der Waals surface area contributed by atoms with Crippen molar-refractivity contribution in [1.29, 1.82) is 0 Å². The number of methoxy groups -OCH3 is 1. The minimum atomic E-state index is -0.593. The van der Waals surface area contributed by atoms with Gasteiger partial charge in [0, 0.05) is 0 Å². The molecule has 1 rings (SSSR count). The summed E-state index contributed by atoms with van der Waals surface area (Å²) in [7, 11) is 1.27. The van der Waals surface area contributed by atoms with Crippen molar-refractivity contribution >= 4 is 12.0 Å². The summed E-state index contributed by atoms with van der Waals surface area (Å²) in [5.41, 5.74) is 5.26. The van der Waals surface area contributed by atoms with Gasteiger partial charge in [-0.1, -0.05) is 19.3 Å². The van der Waals surface area contributed by atoms with Crippen molar-refractivity contribution in [2.45, 2.75) is 38.1 Å². The number of rotatable bonds is 3. The SMILES string of the molecule is COC(=O)NC(C(N)=O)C1CCCCC1. The average molecular weight is 214 g/mol. The van der Waals surface area contributed by atoms with Crippen molar-refractivity contribution in [2.24, 2.45) is 11.7 Å². The summed E-state index contributed by atoms with van der Waals surface area (Å²) in [6.45, 7) is 0. The summed E-state index contributed by atoms with van der Waals surface area (Å²) >= 11 is 0. The molecular formula is C10H18N2O3. The maximum atomic E-state index is 11.2. The maximum absolute atomic E-state index is 11.2. The fourth-order valence-electron chi connectivity index (χ4n) is 2.07. The van der Waals surface area contributed by atoms with Crippen LogP contribution in [0.15, 0.2) is 0 Å². The Morgan fingerprint density at radius 1 is 1.33 bits per heavy atom. The molecule has 1 saturated carbocycles. The third-order valence-electron chi connectivity index (χ3n) is 2.89. The Morgan fingerprint density at radius 3 is 2.40 bits per heavy atom. The van der Waals surface area contributed by atoms with Gasteiger partial charge in [0.15, 0.2) is 0 Å². The molecule has 5 heteroatoms. The Balaban J connectivity index is 2.55. The minimum Gasteiger partial charge on any atom is -0.453 e. The highest BCUT2D eigenvalue weighted by Crippen LogP contribution is 2.26. The minimum absolute atomic E-state index is 0.162. The second-order valence-corrected chi connectivity index (χ2v) is 3.91. The second-order valence-electron chi connectivity index (χ2n) is 3.91. The molecule has 5 nitrogen and oxygen atoms in total. The number of hydrogen-bond acceptors (Lipinski definition) is 3. The van der Waals surface area contributed by atoms with Crippen LogP contribution in [-0.2, 0) is 9.53 Å². The number of primary amides is 1. The van der Waals surface area contributed by atoms with Crippen LogP contribution in [0.1, 0.15) is 32.1 Å². The van der Waals surface area contributed by atoms with E-state index in [1.54, 1.807) is 0 Å². The van der Waals surface area contributed by atoms with E-state index in [0.29, 0.717) is 0 Å². The van der Waals surface area contributed by atoms with Crippen LogP contribution in [0.2, 0.25) is 0 Å². The largest absolute Gasteiger partial charge is 0.453 e. The smallest absolute Gasteiger partial charge is 0.407 e. The van der Waals surface area contributed by atoms with E-state index in [-0.39, 0.29) is 5.92 Å². The van der Waals surface area contributed by atoms with E-state index in [2.05, 4.69) is 10.1 Å². The number of carbonyl (C=O) groups is 2. The first-order valence-electron chi connectivity index (χ1n) is 5.29. The summed E-state index contributed by atoms with van der Waals surface area (Å²) in [5, 5.41) is 2.50. The first-order valence-corrected chi connectivity index (χ1v) is 5.29. The molecule has 0 aliphatic heterocycles. The average Bonchev–Trinajstić information content (AvgIpc) is 2.26. The van der Waals surface area contributed by atoms with E-state index >= 15 is 0 Å². The Kier molecular flexibility index (Phi) is 4.39. The van der Waals surface area contributed by atoms with Gasteiger partial charge >= 0.3 is 6.09 Å². The normalized spacial score (nSPS) is 19.3. The molecule has 0 radical (unpaired) electrons. The van der Waals surface area contributed by atoms with Gasteiger partial charge in [0.1, 0.15) is 6.04 Å². The molecule has 1 fully saturated rings. The number of hydrogen-bond donors (Lipinski definition) is 2. The summed E-state index contributed by atoms with van der Waals surface area (Å²) in [5.74, 6) is -0.317. The molecule has 1 aliphatic rings. The first kappa shape index (κ1) is 11.8. The van der Waals surface area contributed by atoms with E-state index in [9.17, 15) is 9.59 Å². The Labute approximate surface area is 89.3 Å². The van der Waals surface area contributed by atoms with Crippen LogP contribution in [0.5, 0.6) is 0 Å². The van der Waals surface area contributed by atoms with Crippen LogP contribution in [-0.4, -0.2) is 25.2 Å². The maximum Gasteiger partial charge on any atom is 0.407 e. The first-order chi connectivity index (χ1) is 7.15. The van der Waals surface area contributed by atoms with Crippen LogP contribution in [0.4, 0.5) is 4.79 Å². The fourth-order valence-corrected chi connectivity index (χ4v) is 2.07. The quantitative estimate of drug-likeness (QED) is 0.728. The van der Waals surface area contributed by atoms with Gasteiger partial charge in [-0.3, -0.25) is 4.79 Å². The zero-order valence-electron chi connectivity index (χ0n) is 8.99. The number of nitrogens with two attached hydrogens (primary N) is 1. The fraction of sp³-hybridized carbons (Fsp3) is 0.800. The molecular weight excluding hydrogens is 196 g/mol. The van der Waals surface area contributed by atoms with Crippen LogP contribution < -0.4 is 11.1 Å². The number of alkyl carbamates (subject to hydrolysis) is 1. The lowest BCUT2D eigenvalue weighted by Gasteiger charge is -2.28. The van der Waals surface area contributed by atoms with Crippen LogP contribution in [0, 0.1) is 5.92 Å². The van der Waals surface area contributed by atoms with Crippen molar-refractivity contribution in [3.8, 4) is 0 Å². The van der Waals surface area contributed by atoms with Gasteiger partial charge in [-0.25, -0.2) is 4.79 Å². The van der Waals surface area contributed by atoms with Crippen LogP contribution >= 0.6 is 0 Å². The molecule has 2 amide bonds. The summed E-state index contributed by atoms with van der Waals surface area (Å²) in [6.07, 6.45) is 4.67. The topological polar surface area (TPSA) is 81.4 Å². The van der Waals surface area contributed by atoms with Gasteiger partial charge in [0.25, 0.3) is 0 Å². The second kappa shape index (κ2) is 5.58. The molecule has 0 spiro atoms. The van der Waals surface area contributed by atoms with Crippen molar-refractivity contribution in [3.05, 3.63) is 0 Å². The Morgan fingerprint density at radius 2 is 1.93 bits per heavy atom. The van der Waals surface area contributed by atoms with Gasteiger partial charge in [-0.05, 0) is 18.8 Å². The molecule has 0 aromatic heterocycles. The van der Waals surface area contributed by atoms with Crippen LogP contribution in [0.25, 0.3) is 0 Å². The van der Waals surface area contributed by atoms with E-state index in [4.69, 9.17) is 5.73 Å². The lowest BCUT2D eigenvalue weighted by Crippen LogP contribution is -2.49. The molecule has 0 aromatic carbocycles. The third kappa shape index (κ3) is 3.42. The van der Waals surface area contributed by atoms with Gasteiger partial charge < -0.3 is 15.8 Å². The Bertz CT molecular complexity index is 237. The van der Waals surface area contributed by atoms with Gasteiger partial charge in [-0.2, -0.15) is 0 Å². The summed E-state index contributed by atoms with van der Waals surface area (Å²) in [6, 6.07) is -0.585. The molecule has 0 aromatic rings. The molecule has 15 heavy (non-hydrogen) atoms. The summed E-state index contributed by atoms with van der Waals surface area (Å²) < 4.78 is 4.46. The molecule has 1 unspecified atom stereocenters. The van der Waals surface area contributed by atoms with Gasteiger partial charge in [-0.15, -0.1) is 0 Å². The highest BCUT2D eigenvalue weighted by molar-refractivity contribution is 5.84. The predicted molar refractivity (Wildman–Crippen MR) is 55.1 cm³/mol. The van der Waals surface area contributed by atoms with E-state index < -0.39 is 18.0 Å². The monoisotopic (exact) mass is 214 g/mol. The highest BCUT2D eigenvalue weighted by atomic mass is 16.5.